The number of nitrogens with one attached hydrogen (secondary N) is 2. The van der Waals surface area contributed by atoms with Crippen LogP contribution in [0, 0.1) is 0 Å². The maximum atomic E-state index is 12.3. The molecule has 1 heterocycles. The minimum atomic E-state index is -3.12. The first kappa shape index (κ1) is 14.3. The molecule has 0 spiro atoms. The van der Waals surface area contributed by atoms with Crippen molar-refractivity contribution in [3.8, 4) is 0 Å². The van der Waals surface area contributed by atoms with Crippen molar-refractivity contribution >= 4 is 10.0 Å². The molecule has 1 aliphatic heterocycles. The molecule has 0 aromatic heterocycles. The van der Waals surface area contributed by atoms with Crippen LogP contribution in [0.3, 0.4) is 0 Å². The standard InChI is InChI=1S/C13H26N2O2S/c1-11(13-9-5-6-10-14-13)15-18(16,17)12-7-3-2-4-8-12/h11-15H,2-10H2,1H3. The largest absolute Gasteiger partial charge is 0.312 e. The molecule has 0 aromatic carbocycles. The second-order valence-electron chi connectivity index (χ2n) is 5.77. The van der Waals surface area contributed by atoms with Gasteiger partial charge < -0.3 is 5.32 Å². The molecule has 1 saturated heterocycles. The Balaban J connectivity index is 1.89. The van der Waals surface area contributed by atoms with Crippen molar-refractivity contribution in [1.29, 1.82) is 0 Å². The van der Waals surface area contributed by atoms with Crippen molar-refractivity contribution in [2.45, 2.75) is 75.6 Å². The zero-order valence-electron chi connectivity index (χ0n) is 11.3. The van der Waals surface area contributed by atoms with Crippen molar-refractivity contribution in [1.82, 2.24) is 10.0 Å². The van der Waals surface area contributed by atoms with Gasteiger partial charge in [-0.05, 0) is 39.2 Å². The first-order valence-corrected chi connectivity index (χ1v) is 8.89. The Hall–Kier alpha value is -0.130. The molecule has 2 atom stereocenters. The molecular formula is C13H26N2O2S. The molecule has 1 aliphatic carbocycles. The van der Waals surface area contributed by atoms with Gasteiger partial charge in [0.15, 0.2) is 0 Å². The molecule has 0 aromatic rings. The summed E-state index contributed by atoms with van der Waals surface area (Å²) in [6.45, 7) is 3.00. The molecule has 2 fully saturated rings. The van der Waals surface area contributed by atoms with E-state index in [1.807, 2.05) is 6.92 Å². The summed E-state index contributed by atoms with van der Waals surface area (Å²) >= 11 is 0. The maximum absolute atomic E-state index is 12.3. The van der Waals surface area contributed by atoms with Gasteiger partial charge in [0.1, 0.15) is 0 Å². The van der Waals surface area contributed by atoms with Gasteiger partial charge in [0, 0.05) is 12.1 Å². The number of piperidine rings is 1. The molecule has 0 radical (unpaired) electrons. The van der Waals surface area contributed by atoms with Crippen LogP contribution >= 0.6 is 0 Å². The highest BCUT2D eigenvalue weighted by Crippen LogP contribution is 2.23. The second-order valence-corrected chi connectivity index (χ2v) is 7.76. The zero-order chi connectivity index (χ0) is 13.0. The predicted octanol–water partition coefficient (Wildman–Crippen LogP) is 1.77. The van der Waals surface area contributed by atoms with Gasteiger partial charge in [0.05, 0.1) is 5.25 Å². The van der Waals surface area contributed by atoms with E-state index < -0.39 is 10.0 Å². The summed E-state index contributed by atoms with van der Waals surface area (Å²) < 4.78 is 27.5. The highest BCUT2D eigenvalue weighted by molar-refractivity contribution is 7.90. The van der Waals surface area contributed by atoms with Gasteiger partial charge in [0.25, 0.3) is 0 Å². The molecule has 4 nitrogen and oxygen atoms in total. The van der Waals surface area contributed by atoms with E-state index in [1.54, 1.807) is 0 Å². The van der Waals surface area contributed by atoms with Gasteiger partial charge in [-0.15, -0.1) is 0 Å². The summed E-state index contributed by atoms with van der Waals surface area (Å²) in [6, 6.07) is 0.314. The van der Waals surface area contributed by atoms with E-state index in [1.165, 1.54) is 19.3 Å². The lowest BCUT2D eigenvalue weighted by atomic mass is 10.00. The van der Waals surface area contributed by atoms with Crippen LogP contribution in [0.4, 0.5) is 0 Å². The predicted molar refractivity (Wildman–Crippen MR) is 74.0 cm³/mol. The fraction of sp³-hybridized carbons (Fsp3) is 1.00. The van der Waals surface area contributed by atoms with Gasteiger partial charge in [-0.1, -0.05) is 25.7 Å². The van der Waals surface area contributed by atoms with Gasteiger partial charge in [-0.25, -0.2) is 13.1 Å². The normalized spacial score (nSPS) is 29.1. The van der Waals surface area contributed by atoms with Crippen molar-refractivity contribution < 1.29 is 8.42 Å². The summed E-state index contributed by atoms with van der Waals surface area (Å²) in [5.41, 5.74) is 0. The van der Waals surface area contributed by atoms with Gasteiger partial charge >= 0.3 is 0 Å². The van der Waals surface area contributed by atoms with E-state index in [4.69, 9.17) is 0 Å². The summed E-state index contributed by atoms with van der Waals surface area (Å²) in [6.07, 6.45) is 8.45. The van der Waals surface area contributed by atoms with Crippen LogP contribution in [-0.4, -0.2) is 32.3 Å². The van der Waals surface area contributed by atoms with Gasteiger partial charge in [-0.3, -0.25) is 0 Å². The lowest BCUT2D eigenvalue weighted by Crippen LogP contribution is -2.52. The Morgan fingerprint density at radius 3 is 2.33 bits per heavy atom. The van der Waals surface area contributed by atoms with E-state index in [9.17, 15) is 8.42 Å². The van der Waals surface area contributed by atoms with Crippen molar-refractivity contribution in [3.63, 3.8) is 0 Å². The van der Waals surface area contributed by atoms with E-state index in [-0.39, 0.29) is 11.3 Å². The third kappa shape index (κ3) is 3.68. The zero-order valence-corrected chi connectivity index (χ0v) is 12.1. The van der Waals surface area contributed by atoms with E-state index in [0.29, 0.717) is 6.04 Å². The van der Waals surface area contributed by atoms with Crippen LogP contribution in [0.15, 0.2) is 0 Å². The average Bonchev–Trinajstić information content (AvgIpc) is 2.40. The molecular weight excluding hydrogens is 248 g/mol. The Morgan fingerprint density at radius 2 is 1.72 bits per heavy atom. The van der Waals surface area contributed by atoms with Crippen LogP contribution in [0.25, 0.3) is 0 Å². The number of sulfonamides is 1. The molecule has 0 amide bonds. The van der Waals surface area contributed by atoms with Crippen molar-refractivity contribution in [2.24, 2.45) is 0 Å². The maximum Gasteiger partial charge on any atom is 0.214 e. The lowest BCUT2D eigenvalue weighted by Gasteiger charge is -2.31. The van der Waals surface area contributed by atoms with Gasteiger partial charge in [-0.2, -0.15) is 0 Å². The Bertz CT molecular complexity index is 344. The van der Waals surface area contributed by atoms with E-state index >= 15 is 0 Å². The molecule has 0 bridgehead atoms. The lowest BCUT2D eigenvalue weighted by molar-refractivity contribution is 0.345. The highest BCUT2D eigenvalue weighted by atomic mass is 32.2. The van der Waals surface area contributed by atoms with Gasteiger partial charge in [0.2, 0.25) is 10.0 Å². The Morgan fingerprint density at radius 1 is 1.06 bits per heavy atom. The molecule has 5 heteroatoms. The summed E-state index contributed by atoms with van der Waals surface area (Å²) in [7, 11) is -3.12. The smallest absolute Gasteiger partial charge is 0.214 e. The Labute approximate surface area is 111 Å². The summed E-state index contributed by atoms with van der Waals surface area (Å²) in [5, 5.41) is 3.26. The topological polar surface area (TPSA) is 58.2 Å². The SMILES string of the molecule is CC(NS(=O)(=O)C1CCCCC1)C1CCCCN1. The quantitative estimate of drug-likeness (QED) is 0.821. The fourth-order valence-electron chi connectivity index (χ4n) is 3.12. The van der Waals surface area contributed by atoms with E-state index in [0.717, 1.165) is 38.6 Å². The minimum Gasteiger partial charge on any atom is -0.312 e. The van der Waals surface area contributed by atoms with Crippen LogP contribution in [0.1, 0.15) is 58.3 Å². The molecule has 18 heavy (non-hydrogen) atoms. The monoisotopic (exact) mass is 274 g/mol. The number of hydrogen-bond acceptors (Lipinski definition) is 3. The first-order chi connectivity index (χ1) is 8.59. The van der Waals surface area contributed by atoms with Crippen LogP contribution in [0.5, 0.6) is 0 Å². The Kier molecular flexibility index (Phi) is 5.04. The molecule has 1 saturated carbocycles. The highest BCUT2D eigenvalue weighted by Gasteiger charge is 2.30. The van der Waals surface area contributed by atoms with E-state index in [2.05, 4.69) is 10.0 Å². The summed E-state index contributed by atoms with van der Waals surface area (Å²) in [5.74, 6) is 0. The summed E-state index contributed by atoms with van der Waals surface area (Å²) in [4.78, 5) is 0. The third-order valence-corrected chi connectivity index (χ3v) is 6.34. The fourth-order valence-corrected chi connectivity index (χ4v) is 4.95. The van der Waals surface area contributed by atoms with Crippen molar-refractivity contribution in [2.75, 3.05) is 6.54 Å². The average molecular weight is 274 g/mol. The number of hydrogen-bond donors (Lipinski definition) is 2. The minimum absolute atomic E-state index is 0.0113. The first-order valence-electron chi connectivity index (χ1n) is 7.34. The molecule has 2 rings (SSSR count). The van der Waals surface area contributed by atoms with Crippen LogP contribution in [-0.2, 0) is 10.0 Å². The van der Waals surface area contributed by atoms with Crippen LogP contribution in [0.2, 0.25) is 0 Å². The second kappa shape index (κ2) is 6.35. The molecule has 2 unspecified atom stereocenters. The van der Waals surface area contributed by atoms with Crippen molar-refractivity contribution in [3.05, 3.63) is 0 Å². The third-order valence-electron chi connectivity index (χ3n) is 4.29. The molecule has 2 N–H and O–H groups in total. The molecule has 106 valence electrons. The molecule has 2 aliphatic rings. The van der Waals surface area contributed by atoms with Crippen LogP contribution < -0.4 is 10.0 Å². The number of rotatable bonds is 4.